The molecule has 5 rings (SSSR count). The van der Waals surface area contributed by atoms with E-state index in [2.05, 4.69) is 47.2 Å². The number of aryl methyl sites for hydroxylation is 1. The zero-order valence-corrected chi connectivity index (χ0v) is 20.5. The van der Waals surface area contributed by atoms with Crippen LogP contribution >= 0.6 is 0 Å². The number of aliphatic carboxylic acids is 1. The fourth-order valence-corrected chi connectivity index (χ4v) is 6.52. The van der Waals surface area contributed by atoms with Crippen LogP contribution in [0, 0.1) is 24.7 Å². The molecule has 1 aromatic rings. The molecule has 5 atom stereocenters. The maximum Gasteiger partial charge on any atom is 0.490 e. The quantitative estimate of drug-likeness (QED) is 0.611. The molecule has 4 aliphatic rings. The summed E-state index contributed by atoms with van der Waals surface area (Å²) in [5.74, 6) is -0.802. The van der Waals surface area contributed by atoms with E-state index in [9.17, 15) is 18.0 Å². The second-order valence-corrected chi connectivity index (χ2v) is 10.7. The predicted octanol–water partition coefficient (Wildman–Crippen LogP) is 5.07. The Bertz CT molecular complexity index is 938. The lowest BCUT2D eigenvalue weighted by molar-refractivity contribution is -0.192. The number of amides is 1. The number of hydrogen-bond donors (Lipinski definition) is 2. The zero-order valence-electron chi connectivity index (χ0n) is 20.5. The number of carbonyl (C=O) groups excluding carboxylic acids is 1. The summed E-state index contributed by atoms with van der Waals surface area (Å²) in [5, 5.41) is 10.4. The Morgan fingerprint density at radius 1 is 1.09 bits per heavy atom. The number of fused-ring (bicyclic) bond motifs is 2. The van der Waals surface area contributed by atoms with E-state index < -0.39 is 12.1 Å². The van der Waals surface area contributed by atoms with Gasteiger partial charge in [0.25, 0.3) is 0 Å². The van der Waals surface area contributed by atoms with Crippen molar-refractivity contribution in [3.05, 3.63) is 23.8 Å². The summed E-state index contributed by atoms with van der Waals surface area (Å²) < 4.78 is 31.7. The van der Waals surface area contributed by atoms with Gasteiger partial charge in [-0.1, -0.05) is 6.42 Å². The maximum atomic E-state index is 12.8. The lowest BCUT2D eigenvalue weighted by Crippen LogP contribution is -2.39. The molecular weight excluding hydrogens is 459 g/mol. The van der Waals surface area contributed by atoms with Crippen molar-refractivity contribution in [3.63, 3.8) is 0 Å². The van der Waals surface area contributed by atoms with Crippen molar-refractivity contribution < 1.29 is 27.9 Å². The number of carboxylic acids is 1. The molecule has 2 saturated carbocycles. The smallest absolute Gasteiger partial charge is 0.475 e. The summed E-state index contributed by atoms with van der Waals surface area (Å²) >= 11 is 0. The summed E-state index contributed by atoms with van der Waals surface area (Å²) in [6.07, 6.45) is 3.88. The van der Waals surface area contributed by atoms with Crippen LogP contribution in [-0.2, 0) is 9.59 Å². The molecule has 2 aliphatic heterocycles. The number of carboxylic acid groups (broad SMARTS) is 1. The van der Waals surface area contributed by atoms with Crippen molar-refractivity contribution in [1.29, 1.82) is 0 Å². The summed E-state index contributed by atoms with van der Waals surface area (Å²) in [6, 6.07) is 8.05. The highest BCUT2D eigenvalue weighted by atomic mass is 19.4. The van der Waals surface area contributed by atoms with Gasteiger partial charge in [0.1, 0.15) is 0 Å². The van der Waals surface area contributed by atoms with Crippen LogP contribution in [0.4, 0.5) is 24.5 Å². The van der Waals surface area contributed by atoms with E-state index in [1.54, 1.807) is 0 Å². The maximum absolute atomic E-state index is 12.8. The molecule has 2 bridgehead atoms. The molecule has 2 saturated heterocycles. The number of halogens is 3. The molecule has 0 spiro atoms. The van der Waals surface area contributed by atoms with E-state index in [0.717, 1.165) is 37.2 Å². The van der Waals surface area contributed by atoms with Gasteiger partial charge in [0.15, 0.2) is 0 Å². The van der Waals surface area contributed by atoms with Crippen molar-refractivity contribution in [3.8, 4) is 0 Å². The number of rotatable bonds is 4. The van der Waals surface area contributed by atoms with Crippen molar-refractivity contribution in [1.82, 2.24) is 4.90 Å². The monoisotopic (exact) mass is 495 g/mol. The first kappa shape index (κ1) is 25.8. The largest absolute Gasteiger partial charge is 0.490 e. The SMILES string of the molecule is Cc1cc(N2CCC(N3CCCC3C)C2)ccc1NC(=O)C1C[C@@H]2CC[C@H]1C2.O=C(O)C(F)(F)F. The topological polar surface area (TPSA) is 72.9 Å². The van der Waals surface area contributed by atoms with Gasteiger partial charge in [0.2, 0.25) is 5.91 Å². The Balaban J connectivity index is 0.000000364. The fraction of sp³-hybridized carbons (Fsp3) is 0.692. The lowest BCUT2D eigenvalue weighted by atomic mass is 9.88. The first-order chi connectivity index (χ1) is 16.5. The number of benzene rings is 1. The lowest BCUT2D eigenvalue weighted by Gasteiger charge is -2.29. The Labute approximate surface area is 204 Å². The normalized spacial score (nSPS) is 30.3. The van der Waals surface area contributed by atoms with E-state index in [-0.39, 0.29) is 11.8 Å². The van der Waals surface area contributed by atoms with Crippen LogP contribution < -0.4 is 10.2 Å². The molecule has 0 aromatic heterocycles. The molecule has 1 aromatic carbocycles. The number of nitrogens with zero attached hydrogens (tertiary/aromatic N) is 2. The van der Waals surface area contributed by atoms with Crippen LogP contribution in [0.3, 0.4) is 0 Å². The minimum absolute atomic E-state index is 0.250. The van der Waals surface area contributed by atoms with E-state index in [4.69, 9.17) is 9.90 Å². The van der Waals surface area contributed by atoms with Gasteiger partial charge in [-0.05, 0) is 94.5 Å². The van der Waals surface area contributed by atoms with Gasteiger partial charge in [0.05, 0.1) is 0 Å². The molecule has 35 heavy (non-hydrogen) atoms. The Kier molecular flexibility index (Phi) is 7.64. The molecule has 194 valence electrons. The van der Waals surface area contributed by atoms with Gasteiger partial charge in [-0.3, -0.25) is 9.69 Å². The van der Waals surface area contributed by atoms with Crippen molar-refractivity contribution in [2.45, 2.75) is 77.1 Å². The summed E-state index contributed by atoms with van der Waals surface area (Å²) in [4.78, 5) is 26.9. The molecule has 2 N–H and O–H groups in total. The van der Waals surface area contributed by atoms with Gasteiger partial charge >= 0.3 is 12.1 Å². The minimum Gasteiger partial charge on any atom is -0.475 e. The van der Waals surface area contributed by atoms with Gasteiger partial charge in [0, 0.05) is 42.5 Å². The molecule has 2 aliphatic carbocycles. The fourth-order valence-electron chi connectivity index (χ4n) is 6.52. The van der Waals surface area contributed by atoms with E-state index in [1.807, 2.05) is 0 Å². The van der Waals surface area contributed by atoms with Gasteiger partial charge in [-0.2, -0.15) is 13.2 Å². The molecule has 2 heterocycles. The van der Waals surface area contributed by atoms with Crippen LogP contribution in [0.25, 0.3) is 0 Å². The third-order valence-corrected chi connectivity index (χ3v) is 8.39. The second-order valence-electron chi connectivity index (χ2n) is 10.7. The molecule has 3 unspecified atom stereocenters. The van der Waals surface area contributed by atoms with Gasteiger partial charge < -0.3 is 15.3 Å². The first-order valence-electron chi connectivity index (χ1n) is 12.7. The number of hydrogen-bond acceptors (Lipinski definition) is 4. The standard InChI is InChI=1S/C24H35N3O.C2HF3O2/c1-16-12-20(26-11-9-21(15-26)27-10-3-4-17(27)2)7-8-23(16)25-24(28)22-14-18-5-6-19(22)13-18;3-2(4,5)1(6)7/h7-8,12,17-19,21-22H,3-6,9-11,13-15H2,1-2H3,(H,25,28);(H,6,7)/t17?,18-,19+,21?,22?;/m1./s1. The molecule has 0 radical (unpaired) electrons. The average molecular weight is 496 g/mol. The molecule has 9 heteroatoms. The third-order valence-electron chi connectivity index (χ3n) is 8.39. The van der Waals surface area contributed by atoms with Crippen molar-refractivity contribution in [2.24, 2.45) is 17.8 Å². The van der Waals surface area contributed by atoms with E-state index in [1.165, 1.54) is 56.3 Å². The summed E-state index contributed by atoms with van der Waals surface area (Å²) in [7, 11) is 0. The highest BCUT2D eigenvalue weighted by Crippen LogP contribution is 2.48. The van der Waals surface area contributed by atoms with Crippen LogP contribution in [-0.4, -0.2) is 59.8 Å². The summed E-state index contributed by atoms with van der Waals surface area (Å²) in [6.45, 7) is 8.07. The highest BCUT2D eigenvalue weighted by Gasteiger charge is 2.43. The third kappa shape index (κ3) is 5.93. The van der Waals surface area contributed by atoms with Crippen LogP contribution in [0.1, 0.15) is 57.4 Å². The number of alkyl halides is 3. The highest BCUT2D eigenvalue weighted by molar-refractivity contribution is 5.94. The Hall–Kier alpha value is -2.29. The average Bonchev–Trinajstić information content (AvgIpc) is 3.59. The Morgan fingerprint density at radius 3 is 2.37 bits per heavy atom. The van der Waals surface area contributed by atoms with Crippen molar-refractivity contribution >= 4 is 23.3 Å². The minimum atomic E-state index is -5.08. The first-order valence-corrected chi connectivity index (χ1v) is 12.7. The van der Waals surface area contributed by atoms with Crippen LogP contribution in [0.2, 0.25) is 0 Å². The number of anilines is 2. The van der Waals surface area contributed by atoms with Crippen LogP contribution in [0.5, 0.6) is 0 Å². The Morgan fingerprint density at radius 2 is 1.83 bits per heavy atom. The van der Waals surface area contributed by atoms with Gasteiger partial charge in [-0.15, -0.1) is 0 Å². The molecule has 6 nitrogen and oxygen atoms in total. The molecule has 1 amide bonds. The van der Waals surface area contributed by atoms with Crippen LogP contribution in [0.15, 0.2) is 18.2 Å². The predicted molar refractivity (Wildman–Crippen MR) is 128 cm³/mol. The zero-order chi connectivity index (χ0) is 25.3. The van der Waals surface area contributed by atoms with Crippen molar-refractivity contribution in [2.75, 3.05) is 29.9 Å². The molecular formula is C26H36F3N3O3. The summed E-state index contributed by atoms with van der Waals surface area (Å²) in [5.41, 5.74) is 3.50. The van der Waals surface area contributed by atoms with E-state index in [0.29, 0.717) is 12.0 Å². The number of carbonyl (C=O) groups is 2. The van der Waals surface area contributed by atoms with E-state index >= 15 is 0 Å². The number of nitrogens with one attached hydrogen (secondary N) is 1. The van der Waals surface area contributed by atoms with Gasteiger partial charge in [-0.25, -0.2) is 4.79 Å². The molecule has 4 fully saturated rings. The number of likely N-dealkylation sites (tertiary alicyclic amines) is 1. The second kappa shape index (κ2) is 10.4.